The van der Waals surface area contributed by atoms with Gasteiger partial charge in [0.1, 0.15) is 0 Å². The van der Waals surface area contributed by atoms with Crippen LogP contribution in [0.1, 0.15) is 0 Å². The first-order valence-corrected chi connectivity index (χ1v) is 9.33. The molecule has 0 saturated heterocycles. The molecule has 0 unspecified atom stereocenters. The molecule has 0 spiro atoms. The predicted molar refractivity (Wildman–Crippen MR) is 58.5 cm³/mol. The van der Waals surface area contributed by atoms with E-state index in [0.717, 1.165) is 0 Å². The summed E-state index contributed by atoms with van der Waals surface area (Å²) >= 11 is 3.71. The molecule has 0 aliphatic rings. The molecule has 0 fully saturated rings. The van der Waals surface area contributed by atoms with Crippen molar-refractivity contribution < 1.29 is 0 Å². The smallest absolute Gasteiger partial charge is 0.0708 e. The Balaban J connectivity index is 4.11. The second kappa shape index (κ2) is 4.52. The SMILES string of the molecule is CSC(=C[Si](C)(C)C)SC. The number of hydrogen-bond donors (Lipinski definition) is 0. The number of thioether (sulfide) groups is 2. The van der Waals surface area contributed by atoms with E-state index in [0.29, 0.717) is 0 Å². The fourth-order valence-corrected chi connectivity index (χ4v) is 4.99. The largest absolute Gasteiger partial charge is 0.123 e. The Morgan fingerprint density at radius 1 is 1.10 bits per heavy atom. The maximum atomic E-state index is 2.45. The standard InChI is InChI=1S/C7H16S2Si/c1-8-7(9-2)6-10(3,4)5/h6H,1-5H3. The highest BCUT2D eigenvalue weighted by molar-refractivity contribution is 8.21. The minimum atomic E-state index is -0.966. The molecule has 0 bridgehead atoms. The van der Waals surface area contributed by atoms with Gasteiger partial charge in [0.25, 0.3) is 0 Å². The Bertz CT molecular complexity index is 118. The lowest BCUT2D eigenvalue weighted by atomic mass is 11.2. The van der Waals surface area contributed by atoms with Crippen LogP contribution in [0.25, 0.3) is 0 Å². The Morgan fingerprint density at radius 3 is 1.60 bits per heavy atom. The highest BCUT2D eigenvalue weighted by Gasteiger charge is 2.09. The summed E-state index contributed by atoms with van der Waals surface area (Å²) in [5.41, 5.74) is 2.45. The average Bonchev–Trinajstić information content (AvgIpc) is 1.81. The Hall–Kier alpha value is 0.657. The van der Waals surface area contributed by atoms with Gasteiger partial charge in [0, 0.05) is 4.24 Å². The molecule has 0 nitrogen and oxygen atoms in total. The van der Waals surface area contributed by atoms with Crippen LogP contribution < -0.4 is 0 Å². The summed E-state index contributed by atoms with van der Waals surface area (Å²) in [5.74, 6) is 0. The minimum absolute atomic E-state index is 0.966. The van der Waals surface area contributed by atoms with Gasteiger partial charge < -0.3 is 0 Å². The van der Waals surface area contributed by atoms with Crippen LogP contribution in [0.2, 0.25) is 19.6 Å². The Kier molecular flexibility index (Phi) is 4.81. The second-order valence-electron chi connectivity index (χ2n) is 3.24. The molecule has 0 rings (SSSR count). The van der Waals surface area contributed by atoms with Crippen molar-refractivity contribution in [2.24, 2.45) is 0 Å². The zero-order chi connectivity index (χ0) is 8.20. The summed E-state index contributed by atoms with van der Waals surface area (Å²) in [6, 6.07) is 0. The van der Waals surface area contributed by atoms with E-state index in [2.05, 4.69) is 37.9 Å². The zero-order valence-electron chi connectivity index (χ0n) is 7.39. The van der Waals surface area contributed by atoms with Crippen LogP contribution in [0, 0.1) is 0 Å². The molecule has 10 heavy (non-hydrogen) atoms. The van der Waals surface area contributed by atoms with E-state index < -0.39 is 8.07 Å². The first kappa shape index (κ1) is 10.7. The highest BCUT2D eigenvalue weighted by atomic mass is 32.2. The van der Waals surface area contributed by atoms with Gasteiger partial charge in [-0.2, -0.15) is 0 Å². The molecule has 3 heteroatoms. The molecule has 0 heterocycles. The molecule has 0 aliphatic carbocycles. The molecular formula is C7H16S2Si. The lowest BCUT2D eigenvalue weighted by molar-refractivity contribution is 1.77. The van der Waals surface area contributed by atoms with Crippen LogP contribution in [-0.4, -0.2) is 20.6 Å². The highest BCUT2D eigenvalue weighted by Crippen LogP contribution is 2.25. The van der Waals surface area contributed by atoms with Crippen molar-refractivity contribution in [2.75, 3.05) is 12.5 Å². The predicted octanol–water partition coefficient (Wildman–Crippen LogP) is 3.43. The molecule has 0 atom stereocenters. The third-order valence-electron chi connectivity index (χ3n) is 0.953. The van der Waals surface area contributed by atoms with Gasteiger partial charge in [-0.3, -0.25) is 0 Å². The molecule has 0 amide bonds. The first-order valence-electron chi connectivity index (χ1n) is 3.30. The van der Waals surface area contributed by atoms with Gasteiger partial charge in [-0.25, -0.2) is 0 Å². The normalized spacial score (nSPS) is 11.3. The van der Waals surface area contributed by atoms with Crippen molar-refractivity contribution in [2.45, 2.75) is 19.6 Å². The first-order chi connectivity index (χ1) is 4.49. The molecule has 60 valence electrons. The average molecular weight is 192 g/mol. The van der Waals surface area contributed by atoms with Crippen molar-refractivity contribution in [3.05, 3.63) is 9.94 Å². The second-order valence-corrected chi connectivity index (χ2v) is 10.2. The maximum Gasteiger partial charge on any atom is 0.0708 e. The van der Waals surface area contributed by atoms with Gasteiger partial charge >= 0.3 is 0 Å². The fraction of sp³-hybridized carbons (Fsp3) is 0.714. The van der Waals surface area contributed by atoms with Gasteiger partial charge in [-0.15, -0.1) is 23.5 Å². The molecule has 0 aromatic rings. The Morgan fingerprint density at radius 2 is 1.50 bits per heavy atom. The van der Waals surface area contributed by atoms with Crippen molar-refractivity contribution >= 4 is 31.6 Å². The summed E-state index contributed by atoms with van der Waals surface area (Å²) in [6.07, 6.45) is 4.28. The quantitative estimate of drug-likeness (QED) is 0.628. The van der Waals surface area contributed by atoms with Crippen LogP contribution in [0.4, 0.5) is 0 Å². The lowest BCUT2D eigenvalue weighted by Crippen LogP contribution is -2.15. The van der Waals surface area contributed by atoms with Gasteiger partial charge in [0.15, 0.2) is 0 Å². The summed E-state index contributed by atoms with van der Waals surface area (Å²) in [6.45, 7) is 7.08. The lowest BCUT2D eigenvalue weighted by Gasteiger charge is -2.11. The van der Waals surface area contributed by atoms with E-state index in [9.17, 15) is 0 Å². The molecule has 0 aromatic heterocycles. The van der Waals surface area contributed by atoms with Crippen LogP contribution in [0.5, 0.6) is 0 Å². The summed E-state index contributed by atoms with van der Waals surface area (Å²) in [5, 5.41) is 0. The van der Waals surface area contributed by atoms with Crippen LogP contribution in [0.3, 0.4) is 0 Å². The van der Waals surface area contributed by atoms with Crippen molar-refractivity contribution in [3.63, 3.8) is 0 Å². The van der Waals surface area contributed by atoms with Crippen molar-refractivity contribution in [3.8, 4) is 0 Å². The molecule has 0 N–H and O–H groups in total. The van der Waals surface area contributed by atoms with Gasteiger partial charge in [0.05, 0.1) is 8.07 Å². The van der Waals surface area contributed by atoms with Gasteiger partial charge in [-0.1, -0.05) is 25.3 Å². The summed E-state index contributed by atoms with van der Waals surface area (Å²) < 4.78 is 1.47. The van der Waals surface area contributed by atoms with E-state index in [4.69, 9.17) is 0 Å². The molecule has 0 aliphatic heterocycles. The number of rotatable bonds is 3. The molecule has 0 radical (unpaired) electrons. The maximum absolute atomic E-state index is 2.45. The molecule has 0 saturated carbocycles. The number of hydrogen-bond acceptors (Lipinski definition) is 2. The van der Waals surface area contributed by atoms with E-state index in [1.807, 2.05) is 23.5 Å². The van der Waals surface area contributed by atoms with Crippen molar-refractivity contribution in [1.29, 1.82) is 0 Å². The minimum Gasteiger partial charge on any atom is -0.123 e. The topological polar surface area (TPSA) is 0 Å². The monoisotopic (exact) mass is 192 g/mol. The van der Waals surface area contributed by atoms with Crippen LogP contribution >= 0.6 is 23.5 Å². The Labute approximate surface area is 73.9 Å². The van der Waals surface area contributed by atoms with Crippen LogP contribution in [-0.2, 0) is 0 Å². The molecule has 0 aromatic carbocycles. The van der Waals surface area contributed by atoms with Crippen molar-refractivity contribution in [1.82, 2.24) is 0 Å². The fourth-order valence-electron chi connectivity index (χ4n) is 0.555. The molecular weight excluding hydrogens is 176 g/mol. The third kappa shape index (κ3) is 5.44. The van der Waals surface area contributed by atoms with E-state index >= 15 is 0 Å². The van der Waals surface area contributed by atoms with Gasteiger partial charge in [0.2, 0.25) is 0 Å². The third-order valence-corrected chi connectivity index (χ3v) is 4.57. The summed E-state index contributed by atoms with van der Waals surface area (Å²) in [4.78, 5) is 0. The summed E-state index contributed by atoms with van der Waals surface area (Å²) in [7, 11) is -0.966. The van der Waals surface area contributed by atoms with E-state index in [1.165, 1.54) is 4.24 Å². The zero-order valence-corrected chi connectivity index (χ0v) is 10.0. The van der Waals surface area contributed by atoms with E-state index in [-0.39, 0.29) is 0 Å². The van der Waals surface area contributed by atoms with Crippen LogP contribution in [0.15, 0.2) is 9.94 Å². The van der Waals surface area contributed by atoms with E-state index in [1.54, 1.807) is 0 Å². The van der Waals surface area contributed by atoms with Gasteiger partial charge in [-0.05, 0) is 12.5 Å².